The van der Waals surface area contributed by atoms with Gasteiger partial charge in [-0.3, -0.25) is 20.4 Å². The molecule has 9 heteroatoms. The molecule has 1 fully saturated rings. The molecule has 0 aliphatic carbocycles. The Morgan fingerprint density at radius 3 is 2.59 bits per heavy atom. The Morgan fingerprint density at radius 1 is 1.06 bits per heavy atom. The Morgan fingerprint density at radius 2 is 1.85 bits per heavy atom. The number of nitrogens with one attached hydrogen (secondary N) is 2. The molecule has 4 rings (SSSR count). The minimum Gasteiger partial charge on any atom is -0.493 e. The molecule has 0 unspecified atom stereocenters. The number of hydrazine groups is 1. The maximum atomic E-state index is 12.6. The number of amides is 2. The molecular weight excluding hydrogens is 477 g/mol. The molecule has 3 aromatic carbocycles. The van der Waals surface area contributed by atoms with Crippen LogP contribution < -0.4 is 25.2 Å². The Balaban J connectivity index is 1.34. The van der Waals surface area contributed by atoms with Crippen LogP contribution >= 0.6 is 23.2 Å². The predicted molar refractivity (Wildman–Crippen MR) is 132 cm³/mol. The summed E-state index contributed by atoms with van der Waals surface area (Å²) >= 11 is 12.1. The lowest BCUT2D eigenvalue weighted by Crippen LogP contribution is -2.36. The number of methoxy groups -OCH3 is 1. The van der Waals surface area contributed by atoms with Crippen molar-refractivity contribution >= 4 is 46.4 Å². The fraction of sp³-hybridized carbons (Fsp3) is 0.200. The zero-order chi connectivity index (χ0) is 24.1. The van der Waals surface area contributed by atoms with Crippen molar-refractivity contribution in [2.45, 2.75) is 13.0 Å². The van der Waals surface area contributed by atoms with Crippen LogP contribution in [0.4, 0.5) is 11.4 Å². The van der Waals surface area contributed by atoms with Crippen molar-refractivity contribution in [2.75, 3.05) is 24.0 Å². The van der Waals surface area contributed by atoms with Gasteiger partial charge in [-0.25, -0.2) is 0 Å². The van der Waals surface area contributed by atoms with E-state index in [-0.39, 0.29) is 24.8 Å². The standard InChI is InChI=1S/C25H23Cl2N3O4/c1-33-23-13-19(9-10-22(23)34-15-16-7-8-18(26)12-21(16)27)28-29-25(32)17-11-24(31)30(14-17)20-5-3-2-4-6-20/h2-10,12-13,17,28H,11,14-15H2,1H3,(H,29,32)/t17-/m1/s1. The number of benzene rings is 3. The van der Waals surface area contributed by atoms with E-state index in [4.69, 9.17) is 32.7 Å². The second-order valence-corrected chi connectivity index (χ2v) is 8.59. The molecule has 1 heterocycles. The van der Waals surface area contributed by atoms with Gasteiger partial charge in [-0.2, -0.15) is 0 Å². The van der Waals surface area contributed by atoms with Crippen LogP contribution in [0, 0.1) is 5.92 Å². The molecule has 1 saturated heterocycles. The smallest absolute Gasteiger partial charge is 0.243 e. The number of carbonyl (C=O) groups excluding carboxylic acids is 2. The number of halogens is 2. The van der Waals surface area contributed by atoms with Crippen molar-refractivity contribution in [1.82, 2.24) is 5.43 Å². The first-order chi connectivity index (χ1) is 16.4. The fourth-order valence-corrected chi connectivity index (χ4v) is 4.10. The van der Waals surface area contributed by atoms with Gasteiger partial charge in [0.25, 0.3) is 0 Å². The van der Waals surface area contributed by atoms with Crippen molar-refractivity contribution in [3.63, 3.8) is 0 Å². The molecule has 0 spiro atoms. The second kappa shape index (κ2) is 10.7. The first-order valence-electron chi connectivity index (χ1n) is 10.6. The number of hydrogen-bond acceptors (Lipinski definition) is 5. The van der Waals surface area contributed by atoms with E-state index in [1.807, 2.05) is 30.3 Å². The van der Waals surface area contributed by atoms with Gasteiger partial charge in [-0.05, 0) is 36.4 Å². The van der Waals surface area contributed by atoms with E-state index in [0.29, 0.717) is 33.8 Å². The Kier molecular flexibility index (Phi) is 7.45. The average molecular weight is 500 g/mol. The number of rotatable bonds is 8. The average Bonchev–Trinajstić information content (AvgIpc) is 3.24. The summed E-state index contributed by atoms with van der Waals surface area (Å²) in [6, 6.07) is 19.7. The molecule has 0 saturated carbocycles. The van der Waals surface area contributed by atoms with Gasteiger partial charge in [0.2, 0.25) is 11.8 Å². The summed E-state index contributed by atoms with van der Waals surface area (Å²) in [6.07, 6.45) is 0.158. The van der Waals surface area contributed by atoms with E-state index in [1.54, 1.807) is 41.3 Å². The molecular formula is C25H23Cl2N3O4. The van der Waals surface area contributed by atoms with Gasteiger partial charge in [0.05, 0.1) is 18.7 Å². The van der Waals surface area contributed by atoms with Crippen molar-refractivity contribution < 1.29 is 19.1 Å². The quantitative estimate of drug-likeness (QED) is 0.422. The highest BCUT2D eigenvalue weighted by atomic mass is 35.5. The number of carbonyl (C=O) groups is 2. The van der Waals surface area contributed by atoms with Gasteiger partial charge in [0, 0.05) is 40.3 Å². The maximum Gasteiger partial charge on any atom is 0.243 e. The molecule has 3 aromatic rings. The molecule has 0 aromatic heterocycles. The van der Waals surface area contributed by atoms with E-state index in [2.05, 4.69) is 10.9 Å². The van der Waals surface area contributed by atoms with E-state index in [9.17, 15) is 9.59 Å². The van der Waals surface area contributed by atoms with Crippen molar-refractivity contribution in [3.8, 4) is 11.5 Å². The van der Waals surface area contributed by atoms with Gasteiger partial charge in [-0.15, -0.1) is 0 Å². The summed E-state index contributed by atoms with van der Waals surface area (Å²) in [5, 5.41) is 1.07. The van der Waals surface area contributed by atoms with Crippen LogP contribution in [0.15, 0.2) is 66.7 Å². The molecule has 0 radical (unpaired) electrons. The van der Waals surface area contributed by atoms with Crippen LogP contribution in [0.25, 0.3) is 0 Å². The van der Waals surface area contributed by atoms with Crippen molar-refractivity contribution in [1.29, 1.82) is 0 Å². The van der Waals surface area contributed by atoms with Crippen molar-refractivity contribution in [3.05, 3.63) is 82.3 Å². The van der Waals surface area contributed by atoms with Gasteiger partial charge in [0.15, 0.2) is 11.5 Å². The van der Waals surface area contributed by atoms with Gasteiger partial charge < -0.3 is 14.4 Å². The van der Waals surface area contributed by atoms with E-state index in [1.165, 1.54) is 7.11 Å². The Hall–Kier alpha value is -3.42. The van der Waals surface area contributed by atoms with Crippen LogP contribution in [0.5, 0.6) is 11.5 Å². The first kappa shape index (κ1) is 23.7. The van der Waals surface area contributed by atoms with Crippen LogP contribution in [0.1, 0.15) is 12.0 Å². The molecule has 2 N–H and O–H groups in total. The zero-order valence-corrected chi connectivity index (χ0v) is 19.9. The number of para-hydroxylation sites is 1. The monoisotopic (exact) mass is 499 g/mol. The summed E-state index contributed by atoms with van der Waals surface area (Å²) < 4.78 is 11.3. The third-order valence-electron chi connectivity index (χ3n) is 5.46. The minimum atomic E-state index is -0.450. The predicted octanol–water partition coefficient (Wildman–Crippen LogP) is 5.08. The summed E-state index contributed by atoms with van der Waals surface area (Å²) in [5.41, 5.74) is 7.74. The third-order valence-corrected chi connectivity index (χ3v) is 6.04. The summed E-state index contributed by atoms with van der Waals surface area (Å²) in [5.74, 6) is 0.216. The molecule has 176 valence electrons. The largest absolute Gasteiger partial charge is 0.493 e. The van der Waals surface area contributed by atoms with E-state index < -0.39 is 5.92 Å². The van der Waals surface area contributed by atoms with Crippen LogP contribution in [-0.2, 0) is 16.2 Å². The molecule has 1 aliphatic heterocycles. The Labute approximate surface area is 207 Å². The lowest BCUT2D eigenvalue weighted by atomic mass is 10.1. The molecule has 34 heavy (non-hydrogen) atoms. The van der Waals surface area contributed by atoms with Crippen molar-refractivity contribution in [2.24, 2.45) is 5.92 Å². The highest BCUT2D eigenvalue weighted by Crippen LogP contribution is 2.32. The molecule has 2 amide bonds. The van der Waals surface area contributed by atoms with Crippen LogP contribution in [0.3, 0.4) is 0 Å². The molecule has 1 atom stereocenters. The minimum absolute atomic E-state index is 0.0738. The lowest BCUT2D eigenvalue weighted by molar-refractivity contribution is -0.125. The highest BCUT2D eigenvalue weighted by molar-refractivity contribution is 6.35. The summed E-state index contributed by atoms with van der Waals surface area (Å²) in [4.78, 5) is 26.6. The number of hydrogen-bond donors (Lipinski definition) is 2. The third kappa shape index (κ3) is 5.55. The fourth-order valence-electron chi connectivity index (χ4n) is 3.64. The Bertz CT molecular complexity index is 1190. The number of anilines is 2. The molecule has 0 bridgehead atoms. The van der Waals surface area contributed by atoms with Crippen LogP contribution in [-0.4, -0.2) is 25.5 Å². The number of nitrogens with zero attached hydrogens (tertiary/aromatic N) is 1. The SMILES string of the molecule is COc1cc(NNC(=O)[C@@H]2CC(=O)N(c3ccccc3)C2)ccc1OCc1ccc(Cl)cc1Cl. The van der Waals surface area contributed by atoms with E-state index >= 15 is 0 Å². The normalized spacial score (nSPS) is 15.2. The molecule has 7 nitrogen and oxygen atoms in total. The first-order valence-corrected chi connectivity index (χ1v) is 11.4. The van der Waals surface area contributed by atoms with Crippen LogP contribution in [0.2, 0.25) is 10.0 Å². The summed E-state index contributed by atoms with van der Waals surface area (Å²) in [6.45, 7) is 0.573. The zero-order valence-electron chi connectivity index (χ0n) is 18.4. The lowest BCUT2D eigenvalue weighted by Gasteiger charge is -2.17. The van der Waals surface area contributed by atoms with Gasteiger partial charge in [0.1, 0.15) is 6.61 Å². The number of ether oxygens (including phenoxy) is 2. The maximum absolute atomic E-state index is 12.6. The van der Waals surface area contributed by atoms with Gasteiger partial charge in [-0.1, -0.05) is 47.5 Å². The topological polar surface area (TPSA) is 79.9 Å². The van der Waals surface area contributed by atoms with E-state index in [0.717, 1.165) is 11.3 Å². The second-order valence-electron chi connectivity index (χ2n) is 7.75. The molecule has 1 aliphatic rings. The summed E-state index contributed by atoms with van der Waals surface area (Å²) in [7, 11) is 1.53. The highest BCUT2D eigenvalue weighted by Gasteiger charge is 2.35. The van der Waals surface area contributed by atoms with Gasteiger partial charge >= 0.3 is 0 Å².